The molecule has 1 aliphatic carbocycles. The molecule has 0 aliphatic heterocycles. The van der Waals surface area contributed by atoms with Gasteiger partial charge in [0.05, 0.1) is 4.90 Å². The van der Waals surface area contributed by atoms with Crippen LogP contribution in [0.25, 0.3) is 0 Å². The lowest BCUT2D eigenvalue weighted by Crippen LogP contribution is -2.41. The molecule has 0 atom stereocenters. The highest BCUT2D eigenvalue weighted by Crippen LogP contribution is 2.35. The van der Waals surface area contributed by atoms with Gasteiger partial charge in [-0.05, 0) is 43.5 Å². The average Bonchev–Trinajstić information content (AvgIpc) is 2.46. The largest absolute Gasteiger partial charge is 0.399 e. The minimum Gasteiger partial charge on any atom is -0.399 e. The molecule has 0 unspecified atom stereocenters. The van der Waals surface area contributed by atoms with Gasteiger partial charge in [0.2, 0.25) is 10.0 Å². The summed E-state index contributed by atoms with van der Waals surface area (Å²) in [5, 5.41) is 9.65. The van der Waals surface area contributed by atoms with Crippen LogP contribution in [0, 0.1) is 12.3 Å². The first kappa shape index (κ1) is 16.3. The summed E-state index contributed by atoms with van der Waals surface area (Å²) < 4.78 is 27.5. The van der Waals surface area contributed by atoms with Crippen LogP contribution in [-0.2, 0) is 10.0 Å². The summed E-state index contributed by atoms with van der Waals surface area (Å²) in [6.45, 7) is 2.04. The van der Waals surface area contributed by atoms with Gasteiger partial charge in [-0.2, -0.15) is 0 Å². The van der Waals surface area contributed by atoms with Crippen LogP contribution in [0.3, 0.4) is 0 Å². The third kappa shape index (κ3) is 3.75. The first-order chi connectivity index (χ1) is 9.88. The number of sulfonamides is 1. The Balaban J connectivity index is 2.13. The highest BCUT2D eigenvalue weighted by atomic mass is 32.2. The SMILES string of the molecule is Cc1cc(N)ccc1S(=O)(=O)NCC1(CO)CCCCC1. The van der Waals surface area contributed by atoms with Gasteiger partial charge in [0.1, 0.15) is 0 Å². The molecule has 0 heterocycles. The molecule has 4 N–H and O–H groups in total. The maximum absolute atomic E-state index is 12.4. The van der Waals surface area contributed by atoms with E-state index in [2.05, 4.69) is 4.72 Å². The maximum atomic E-state index is 12.4. The van der Waals surface area contributed by atoms with E-state index in [4.69, 9.17) is 5.73 Å². The molecule has 5 nitrogen and oxygen atoms in total. The van der Waals surface area contributed by atoms with Gasteiger partial charge in [0, 0.05) is 24.3 Å². The number of benzene rings is 1. The molecular weight excluding hydrogens is 288 g/mol. The van der Waals surface area contributed by atoms with Gasteiger partial charge in [-0.3, -0.25) is 0 Å². The second-order valence-electron chi connectivity index (χ2n) is 6.07. The fourth-order valence-electron chi connectivity index (χ4n) is 2.99. The second-order valence-corrected chi connectivity index (χ2v) is 7.80. The monoisotopic (exact) mass is 312 g/mol. The van der Waals surface area contributed by atoms with Crippen LogP contribution in [0.4, 0.5) is 5.69 Å². The van der Waals surface area contributed by atoms with E-state index in [-0.39, 0.29) is 23.5 Å². The Kier molecular flexibility index (Phi) is 4.91. The third-order valence-corrected chi connectivity index (χ3v) is 5.94. The van der Waals surface area contributed by atoms with Crippen molar-refractivity contribution in [3.8, 4) is 0 Å². The molecule has 0 bridgehead atoms. The molecule has 0 aromatic heterocycles. The van der Waals surface area contributed by atoms with Crippen molar-refractivity contribution in [1.29, 1.82) is 0 Å². The van der Waals surface area contributed by atoms with Gasteiger partial charge in [0.15, 0.2) is 0 Å². The number of nitrogens with two attached hydrogens (primary N) is 1. The van der Waals surface area contributed by atoms with Crippen molar-refractivity contribution in [3.63, 3.8) is 0 Å². The zero-order chi connectivity index (χ0) is 15.5. The molecule has 2 rings (SSSR count). The molecule has 1 aliphatic rings. The summed E-state index contributed by atoms with van der Waals surface area (Å²) in [6.07, 6.45) is 4.98. The Morgan fingerprint density at radius 1 is 1.29 bits per heavy atom. The van der Waals surface area contributed by atoms with E-state index in [9.17, 15) is 13.5 Å². The van der Waals surface area contributed by atoms with E-state index < -0.39 is 10.0 Å². The zero-order valence-corrected chi connectivity index (χ0v) is 13.2. The Morgan fingerprint density at radius 2 is 1.95 bits per heavy atom. The summed E-state index contributed by atoms with van der Waals surface area (Å²) >= 11 is 0. The molecule has 118 valence electrons. The van der Waals surface area contributed by atoms with Crippen LogP contribution >= 0.6 is 0 Å². The molecule has 6 heteroatoms. The van der Waals surface area contributed by atoms with Gasteiger partial charge in [-0.15, -0.1) is 0 Å². The van der Waals surface area contributed by atoms with Crippen LogP contribution in [0.1, 0.15) is 37.7 Å². The Hall–Kier alpha value is -1.11. The van der Waals surface area contributed by atoms with Crippen LogP contribution in [0.2, 0.25) is 0 Å². The van der Waals surface area contributed by atoms with Crippen molar-refractivity contribution in [2.75, 3.05) is 18.9 Å². The second kappa shape index (κ2) is 6.34. The summed E-state index contributed by atoms with van der Waals surface area (Å²) in [5.41, 5.74) is 6.52. The number of anilines is 1. The normalized spacial score (nSPS) is 18.6. The number of aryl methyl sites for hydroxylation is 1. The quantitative estimate of drug-likeness (QED) is 0.723. The molecule has 1 aromatic rings. The number of aliphatic hydroxyl groups is 1. The van der Waals surface area contributed by atoms with Gasteiger partial charge in [-0.1, -0.05) is 19.3 Å². The molecule has 0 amide bonds. The molecule has 1 fully saturated rings. The predicted molar refractivity (Wildman–Crippen MR) is 83.4 cm³/mol. The minimum atomic E-state index is -3.57. The predicted octanol–water partition coefficient (Wildman–Crippen LogP) is 1.80. The number of rotatable bonds is 5. The molecule has 0 radical (unpaired) electrons. The van der Waals surface area contributed by atoms with Gasteiger partial charge < -0.3 is 10.8 Å². The molecule has 1 aromatic carbocycles. The topological polar surface area (TPSA) is 92.4 Å². The molecule has 0 saturated heterocycles. The van der Waals surface area contributed by atoms with Crippen LogP contribution in [0.15, 0.2) is 23.1 Å². The van der Waals surface area contributed by atoms with Gasteiger partial charge >= 0.3 is 0 Å². The van der Waals surface area contributed by atoms with Crippen LogP contribution < -0.4 is 10.5 Å². The van der Waals surface area contributed by atoms with Crippen molar-refractivity contribution >= 4 is 15.7 Å². The third-order valence-electron chi connectivity index (χ3n) is 4.38. The lowest BCUT2D eigenvalue weighted by atomic mass is 9.75. The van der Waals surface area contributed by atoms with Crippen molar-refractivity contribution < 1.29 is 13.5 Å². The first-order valence-electron chi connectivity index (χ1n) is 7.35. The summed E-state index contributed by atoms with van der Waals surface area (Å²) in [7, 11) is -3.57. The van der Waals surface area contributed by atoms with E-state index in [1.54, 1.807) is 19.1 Å². The fraction of sp³-hybridized carbons (Fsp3) is 0.600. The first-order valence-corrected chi connectivity index (χ1v) is 8.84. The standard InChI is InChI=1S/C15H24N2O3S/c1-12-9-13(16)5-6-14(12)21(19,20)17-10-15(11-18)7-3-2-4-8-15/h5-6,9,17-18H,2-4,7-8,10-11,16H2,1H3. The number of nitrogens with one attached hydrogen (secondary N) is 1. The minimum absolute atomic E-state index is 0.0240. The Bertz CT molecular complexity index is 593. The number of hydrogen-bond acceptors (Lipinski definition) is 4. The lowest BCUT2D eigenvalue weighted by Gasteiger charge is -2.35. The highest BCUT2D eigenvalue weighted by Gasteiger charge is 2.33. The Labute approximate surface area is 126 Å². The van der Waals surface area contributed by atoms with Crippen molar-refractivity contribution in [1.82, 2.24) is 4.72 Å². The maximum Gasteiger partial charge on any atom is 0.240 e. The van der Waals surface area contributed by atoms with E-state index in [1.165, 1.54) is 6.07 Å². The van der Waals surface area contributed by atoms with E-state index >= 15 is 0 Å². The molecule has 0 spiro atoms. The summed E-state index contributed by atoms with van der Waals surface area (Å²) in [4.78, 5) is 0.251. The fourth-order valence-corrected chi connectivity index (χ4v) is 4.37. The Morgan fingerprint density at radius 3 is 2.52 bits per heavy atom. The molecular formula is C15H24N2O3S. The molecule has 21 heavy (non-hydrogen) atoms. The van der Waals surface area contributed by atoms with E-state index in [0.717, 1.165) is 32.1 Å². The number of aliphatic hydroxyl groups excluding tert-OH is 1. The van der Waals surface area contributed by atoms with Crippen LogP contribution in [-0.4, -0.2) is 26.7 Å². The van der Waals surface area contributed by atoms with Crippen molar-refractivity contribution in [3.05, 3.63) is 23.8 Å². The number of nitrogen functional groups attached to an aromatic ring is 1. The van der Waals surface area contributed by atoms with Gasteiger partial charge in [-0.25, -0.2) is 13.1 Å². The van der Waals surface area contributed by atoms with Gasteiger partial charge in [0.25, 0.3) is 0 Å². The van der Waals surface area contributed by atoms with Crippen LogP contribution in [0.5, 0.6) is 0 Å². The van der Waals surface area contributed by atoms with E-state index in [1.807, 2.05) is 0 Å². The smallest absolute Gasteiger partial charge is 0.240 e. The number of hydrogen-bond donors (Lipinski definition) is 3. The zero-order valence-electron chi connectivity index (χ0n) is 12.4. The van der Waals surface area contributed by atoms with Crippen molar-refractivity contribution in [2.45, 2.75) is 43.9 Å². The highest BCUT2D eigenvalue weighted by molar-refractivity contribution is 7.89. The summed E-state index contributed by atoms with van der Waals surface area (Å²) in [6, 6.07) is 4.76. The van der Waals surface area contributed by atoms with Crippen molar-refractivity contribution in [2.24, 2.45) is 5.41 Å². The lowest BCUT2D eigenvalue weighted by molar-refractivity contribution is 0.0867. The van der Waals surface area contributed by atoms with E-state index in [0.29, 0.717) is 11.3 Å². The summed E-state index contributed by atoms with van der Waals surface area (Å²) in [5.74, 6) is 0. The average molecular weight is 312 g/mol. The molecule has 1 saturated carbocycles.